The van der Waals surface area contributed by atoms with Crippen LogP contribution in [0.25, 0.3) is 0 Å². The molecule has 0 aliphatic rings. The number of benzene rings is 4. The highest BCUT2D eigenvalue weighted by atomic mass is 32.2. The topological polar surface area (TPSA) is 66.9 Å². The molecule has 0 saturated heterocycles. The summed E-state index contributed by atoms with van der Waals surface area (Å²) < 4.78 is 33.7. The Morgan fingerprint density at radius 3 is 1.86 bits per heavy atom. The Morgan fingerprint density at radius 1 is 0.722 bits per heavy atom. The van der Waals surface area contributed by atoms with Gasteiger partial charge in [-0.25, -0.2) is 8.42 Å². The quantitative estimate of drug-likeness (QED) is 0.310. The Hall–Kier alpha value is -4.10. The van der Waals surface area contributed by atoms with Crippen LogP contribution in [0.5, 0.6) is 5.75 Å². The lowest BCUT2D eigenvalue weighted by molar-refractivity contribution is 0.0785. The number of ether oxygens (including phenoxy) is 1. The molecule has 0 heterocycles. The molecule has 0 atom stereocenters. The smallest absolute Gasteiger partial charge is 0.264 e. The standard InChI is InChI=1S/C29H28N2O4S/c1-30(21-23-9-5-3-6-10-23)29(32)25-15-13-24(14-16-25)22-31(26-17-19-27(35-2)20-18-26)36(33,34)28-11-7-4-8-12-28/h3-20H,21-22H2,1-2H3. The first-order valence-electron chi connectivity index (χ1n) is 11.5. The van der Waals surface area contributed by atoms with Gasteiger partial charge in [-0.3, -0.25) is 9.10 Å². The number of anilines is 1. The number of hydrogen-bond donors (Lipinski definition) is 0. The van der Waals surface area contributed by atoms with E-state index < -0.39 is 10.0 Å². The summed E-state index contributed by atoms with van der Waals surface area (Å²) in [7, 11) is -0.501. The summed E-state index contributed by atoms with van der Waals surface area (Å²) in [4.78, 5) is 14.8. The highest BCUT2D eigenvalue weighted by molar-refractivity contribution is 7.92. The van der Waals surface area contributed by atoms with Gasteiger partial charge >= 0.3 is 0 Å². The SMILES string of the molecule is COc1ccc(N(Cc2ccc(C(=O)N(C)Cc3ccccc3)cc2)S(=O)(=O)c2ccccc2)cc1. The second-order valence-corrected chi connectivity index (χ2v) is 10.2. The summed E-state index contributed by atoms with van der Waals surface area (Å²) in [6.45, 7) is 0.611. The van der Waals surface area contributed by atoms with Crippen LogP contribution in [-0.2, 0) is 23.1 Å². The van der Waals surface area contributed by atoms with Gasteiger partial charge in [0.15, 0.2) is 0 Å². The van der Waals surface area contributed by atoms with Gasteiger partial charge < -0.3 is 9.64 Å². The second-order valence-electron chi connectivity index (χ2n) is 8.37. The van der Waals surface area contributed by atoms with Crippen molar-refractivity contribution in [2.24, 2.45) is 0 Å². The summed E-state index contributed by atoms with van der Waals surface area (Å²) in [5, 5.41) is 0. The van der Waals surface area contributed by atoms with Crippen molar-refractivity contribution in [2.45, 2.75) is 18.0 Å². The third-order valence-corrected chi connectivity index (χ3v) is 7.62. The molecule has 0 spiro atoms. The van der Waals surface area contributed by atoms with Crippen LogP contribution in [-0.4, -0.2) is 33.4 Å². The molecule has 4 rings (SSSR count). The van der Waals surface area contributed by atoms with Crippen molar-refractivity contribution in [2.75, 3.05) is 18.5 Å². The zero-order valence-electron chi connectivity index (χ0n) is 20.2. The molecule has 0 radical (unpaired) electrons. The van der Waals surface area contributed by atoms with Crippen LogP contribution >= 0.6 is 0 Å². The largest absolute Gasteiger partial charge is 0.497 e. The van der Waals surface area contributed by atoms with Crippen LogP contribution in [0, 0.1) is 0 Å². The average molecular weight is 501 g/mol. The van der Waals surface area contributed by atoms with Crippen LogP contribution < -0.4 is 9.04 Å². The van der Waals surface area contributed by atoms with E-state index >= 15 is 0 Å². The fraction of sp³-hybridized carbons (Fsp3) is 0.138. The van der Waals surface area contributed by atoms with Gasteiger partial charge in [-0.2, -0.15) is 0 Å². The molecule has 36 heavy (non-hydrogen) atoms. The molecule has 0 fully saturated rings. The summed E-state index contributed by atoms with van der Waals surface area (Å²) in [6.07, 6.45) is 0. The lowest BCUT2D eigenvalue weighted by Crippen LogP contribution is -2.30. The summed E-state index contributed by atoms with van der Waals surface area (Å²) in [5.74, 6) is 0.535. The van der Waals surface area contributed by atoms with Gasteiger partial charge in [0.2, 0.25) is 0 Å². The van der Waals surface area contributed by atoms with Crippen molar-refractivity contribution < 1.29 is 17.9 Å². The minimum Gasteiger partial charge on any atom is -0.497 e. The van der Waals surface area contributed by atoms with Gasteiger partial charge in [0.25, 0.3) is 15.9 Å². The molecule has 4 aromatic rings. The molecule has 0 saturated carbocycles. The summed E-state index contributed by atoms with van der Waals surface area (Å²) in [6, 6.07) is 32.1. The molecule has 0 bridgehead atoms. The van der Waals surface area contributed by atoms with E-state index in [-0.39, 0.29) is 17.3 Å². The fourth-order valence-corrected chi connectivity index (χ4v) is 5.33. The minimum absolute atomic E-state index is 0.102. The molecule has 1 amide bonds. The molecule has 0 unspecified atom stereocenters. The first-order valence-corrected chi connectivity index (χ1v) is 12.9. The number of carbonyl (C=O) groups excluding carboxylic acids is 1. The third-order valence-electron chi connectivity index (χ3n) is 5.83. The molecule has 184 valence electrons. The Labute approximate surface area is 212 Å². The molecule has 0 N–H and O–H groups in total. The van der Waals surface area contributed by atoms with E-state index in [1.165, 1.54) is 4.31 Å². The van der Waals surface area contributed by atoms with Gasteiger partial charge in [0.05, 0.1) is 24.2 Å². The lowest BCUT2D eigenvalue weighted by Gasteiger charge is -2.25. The summed E-state index contributed by atoms with van der Waals surface area (Å²) in [5.41, 5.74) is 2.86. The maximum absolute atomic E-state index is 13.6. The Morgan fingerprint density at radius 2 is 1.28 bits per heavy atom. The fourth-order valence-electron chi connectivity index (χ4n) is 3.85. The predicted molar refractivity (Wildman–Crippen MR) is 141 cm³/mol. The van der Waals surface area contributed by atoms with Crippen molar-refractivity contribution in [3.8, 4) is 5.75 Å². The maximum Gasteiger partial charge on any atom is 0.264 e. The van der Waals surface area contributed by atoms with E-state index in [1.54, 1.807) is 97.9 Å². The van der Waals surface area contributed by atoms with Gasteiger partial charge in [-0.05, 0) is 59.7 Å². The lowest BCUT2D eigenvalue weighted by atomic mass is 10.1. The Balaban J connectivity index is 1.57. The monoisotopic (exact) mass is 500 g/mol. The van der Waals surface area contributed by atoms with Crippen LogP contribution in [0.4, 0.5) is 5.69 Å². The van der Waals surface area contributed by atoms with E-state index in [2.05, 4.69) is 0 Å². The number of hydrogen-bond acceptors (Lipinski definition) is 4. The van der Waals surface area contributed by atoms with Gasteiger partial charge in [0, 0.05) is 19.2 Å². The first kappa shape index (κ1) is 25.0. The van der Waals surface area contributed by atoms with Crippen molar-refractivity contribution >= 4 is 21.6 Å². The van der Waals surface area contributed by atoms with Crippen molar-refractivity contribution in [3.63, 3.8) is 0 Å². The highest BCUT2D eigenvalue weighted by Gasteiger charge is 2.25. The van der Waals surface area contributed by atoms with E-state index in [4.69, 9.17) is 4.74 Å². The van der Waals surface area contributed by atoms with E-state index in [1.807, 2.05) is 30.3 Å². The molecule has 7 heteroatoms. The Bertz CT molecular complexity index is 1390. The number of methoxy groups -OCH3 is 1. The van der Waals surface area contributed by atoms with Crippen LogP contribution in [0.15, 0.2) is 114 Å². The molecule has 0 aromatic heterocycles. The number of sulfonamides is 1. The van der Waals surface area contributed by atoms with Gasteiger partial charge in [0.1, 0.15) is 5.75 Å². The van der Waals surface area contributed by atoms with Crippen molar-refractivity contribution in [1.82, 2.24) is 4.90 Å². The number of rotatable bonds is 9. The first-order chi connectivity index (χ1) is 17.4. The second kappa shape index (κ2) is 11.1. The number of amides is 1. The molecular formula is C29H28N2O4S. The van der Waals surface area contributed by atoms with Gasteiger partial charge in [-0.1, -0.05) is 60.7 Å². The van der Waals surface area contributed by atoms with E-state index in [0.29, 0.717) is 23.5 Å². The van der Waals surface area contributed by atoms with E-state index in [0.717, 1.165) is 11.1 Å². The predicted octanol–water partition coefficient (Wildman–Crippen LogP) is 5.36. The molecule has 0 aliphatic heterocycles. The molecule has 6 nitrogen and oxygen atoms in total. The number of nitrogens with zero attached hydrogens (tertiary/aromatic N) is 2. The normalized spacial score (nSPS) is 11.1. The zero-order valence-corrected chi connectivity index (χ0v) is 21.1. The van der Waals surface area contributed by atoms with Crippen LogP contribution in [0.3, 0.4) is 0 Å². The molecule has 4 aromatic carbocycles. The zero-order chi connectivity index (χ0) is 25.5. The third kappa shape index (κ3) is 5.75. The maximum atomic E-state index is 13.6. The van der Waals surface area contributed by atoms with Crippen molar-refractivity contribution in [1.29, 1.82) is 0 Å². The number of carbonyl (C=O) groups is 1. The van der Waals surface area contributed by atoms with E-state index in [9.17, 15) is 13.2 Å². The molecular weight excluding hydrogens is 472 g/mol. The Kier molecular flexibility index (Phi) is 7.71. The highest BCUT2D eigenvalue weighted by Crippen LogP contribution is 2.28. The summed E-state index contributed by atoms with van der Waals surface area (Å²) >= 11 is 0. The average Bonchev–Trinajstić information content (AvgIpc) is 2.92. The van der Waals surface area contributed by atoms with Crippen molar-refractivity contribution in [3.05, 3.63) is 126 Å². The van der Waals surface area contributed by atoms with Crippen LogP contribution in [0.2, 0.25) is 0 Å². The van der Waals surface area contributed by atoms with Crippen LogP contribution in [0.1, 0.15) is 21.5 Å². The minimum atomic E-state index is -3.83. The molecule has 0 aliphatic carbocycles. The van der Waals surface area contributed by atoms with Gasteiger partial charge in [-0.15, -0.1) is 0 Å².